The molecule has 3 N–H and O–H groups in total. The van der Waals surface area contributed by atoms with Crippen molar-refractivity contribution in [2.45, 2.75) is 12.1 Å². The second-order valence-electron chi connectivity index (χ2n) is 7.44. The van der Waals surface area contributed by atoms with Gasteiger partial charge in [0.25, 0.3) is 5.91 Å². The number of fused-ring (bicyclic) bond motifs is 1. The number of rotatable bonds is 4. The summed E-state index contributed by atoms with van der Waals surface area (Å²) in [6.07, 6.45) is 5.15. The first-order chi connectivity index (χ1) is 15.0. The van der Waals surface area contributed by atoms with Gasteiger partial charge in [-0.1, -0.05) is 41.9 Å². The van der Waals surface area contributed by atoms with E-state index in [0.717, 1.165) is 16.5 Å². The van der Waals surface area contributed by atoms with Crippen molar-refractivity contribution in [2.24, 2.45) is 0 Å². The number of hydrogen-bond acceptors (Lipinski definition) is 4. The molecule has 5 rings (SSSR count). The van der Waals surface area contributed by atoms with E-state index in [1.807, 2.05) is 24.3 Å². The molecule has 7 nitrogen and oxygen atoms in total. The summed E-state index contributed by atoms with van der Waals surface area (Å²) in [7, 11) is 0. The van der Waals surface area contributed by atoms with Crippen molar-refractivity contribution >= 4 is 34.3 Å². The molecule has 1 atom stereocenters. The number of benzene rings is 2. The number of aromatic hydroxyl groups is 1. The highest BCUT2D eigenvalue weighted by Gasteiger charge is 2.48. The van der Waals surface area contributed by atoms with E-state index in [4.69, 9.17) is 11.6 Å². The number of halogens is 1. The fraction of sp³-hybridized carbons (Fsp3) is 0.0870. The molecule has 8 heteroatoms. The van der Waals surface area contributed by atoms with E-state index < -0.39 is 17.5 Å². The molecule has 3 heterocycles. The number of carbonyl (C=O) groups is 2. The van der Waals surface area contributed by atoms with Crippen LogP contribution in [-0.2, 0) is 16.9 Å². The quantitative estimate of drug-likeness (QED) is 0.427. The molecule has 1 aliphatic heterocycles. The van der Waals surface area contributed by atoms with Crippen molar-refractivity contribution in [3.63, 3.8) is 0 Å². The van der Waals surface area contributed by atoms with Crippen LogP contribution in [-0.4, -0.2) is 26.6 Å². The van der Waals surface area contributed by atoms with Gasteiger partial charge in [0.2, 0.25) is 0 Å². The Bertz CT molecular complexity index is 1320. The Morgan fingerprint density at radius 2 is 1.71 bits per heavy atom. The summed E-state index contributed by atoms with van der Waals surface area (Å²) in [4.78, 5) is 29.0. The number of aromatic nitrogens is 2. The molecule has 0 aliphatic carbocycles. The van der Waals surface area contributed by atoms with Crippen LogP contribution < -0.4 is 10.6 Å². The van der Waals surface area contributed by atoms with E-state index in [0.29, 0.717) is 16.0 Å². The Morgan fingerprint density at radius 1 is 1.00 bits per heavy atom. The lowest BCUT2D eigenvalue weighted by Crippen LogP contribution is -2.47. The SMILES string of the molecule is O=C1NC(=O)[C@@](Cn2cc3ccc(Cl)cc3c2O)(c2ccc(-c3ccncc3)cc2)N1. The standard InChI is InChI=1S/C23H17ClN4O3/c24-18-6-3-16-12-28(20(29)19(16)11-18)13-23(21(30)26-22(31)27-23)17-4-1-14(2-5-17)15-7-9-25-10-8-15/h1-12,29H,13H2,(H2,26,27,30,31)/t23-/m1/s1. The van der Waals surface area contributed by atoms with E-state index in [9.17, 15) is 14.7 Å². The van der Waals surface area contributed by atoms with Gasteiger partial charge < -0.3 is 15.0 Å². The van der Waals surface area contributed by atoms with Gasteiger partial charge in [-0.2, -0.15) is 0 Å². The van der Waals surface area contributed by atoms with Gasteiger partial charge in [0.05, 0.1) is 6.54 Å². The van der Waals surface area contributed by atoms with Crippen molar-refractivity contribution in [1.29, 1.82) is 0 Å². The van der Waals surface area contributed by atoms with Crippen molar-refractivity contribution in [3.05, 3.63) is 83.8 Å². The maximum Gasteiger partial charge on any atom is 0.322 e. The molecule has 0 spiro atoms. The molecule has 3 amide bonds. The molecule has 2 aromatic heterocycles. The predicted octanol–water partition coefficient (Wildman–Crippen LogP) is 3.80. The molecule has 0 saturated carbocycles. The summed E-state index contributed by atoms with van der Waals surface area (Å²) in [5, 5.41) is 17.6. The zero-order chi connectivity index (χ0) is 21.6. The smallest absolute Gasteiger partial charge is 0.322 e. The molecule has 2 aromatic carbocycles. The van der Waals surface area contributed by atoms with Crippen LogP contribution in [0.2, 0.25) is 5.02 Å². The van der Waals surface area contributed by atoms with E-state index in [1.165, 1.54) is 0 Å². The molecule has 0 unspecified atom stereocenters. The number of pyridine rings is 1. The molecule has 1 fully saturated rings. The van der Waals surface area contributed by atoms with Crippen LogP contribution in [0.5, 0.6) is 5.88 Å². The van der Waals surface area contributed by atoms with Gasteiger partial charge in [-0.15, -0.1) is 0 Å². The number of nitrogens with zero attached hydrogens (tertiary/aromatic N) is 2. The Balaban J connectivity index is 1.57. The van der Waals surface area contributed by atoms with Gasteiger partial charge in [0.15, 0.2) is 11.4 Å². The number of carbonyl (C=O) groups excluding carboxylic acids is 2. The molecular weight excluding hydrogens is 416 g/mol. The Labute approximate surface area is 182 Å². The van der Waals surface area contributed by atoms with Gasteiger partial charge in [0.1, 0.15) is 0 Å². The predicted molar refractivity (Wildman–Crippen MR) is 117 cm³/mol. The highest BCUT2D eigenvalue weighted by Crippen LogP contribution is 2.35. The van der Waals surface area contributed by atoms with Crippen LogP contribution in [0.15, 0.2) is 73.2 Å². The number of nitrogens with one attached hydrogen (secondary N) is 2. The average molecular weight is 433 g/mol. The topological polar surface area (TPSA) is 96.2 Å². The highest BCUT2D eigenvalue weighted by molar-refractivity contribution is 6.31. The number of imide groups is 1. The zero-order valence-corrected chi connectivity index (χ0v) is 16.9. The lowest BCUT2D eigenvalue weighted by Gasteiger charge is -2.27. The minimum absolute atomic E-state index is 0.0112. The van der Waals surface area contributed by atoms with Crippen LogP contribution in [0, 0.1) is 0 Å². The van der Waals surface area contributed by atoms with Crippen LogP contribution in [0.4, 0.5) is 4.79 Å². The lowest BCUT2D eigenvalue weighted by atomic mass is 9.88. The van der Waals surface area contributed by atoms with Gasteiger partial charge >= 0.3 is 6.03 Å². The molecule has 4 aromatic rings. The van der Waals surface area contributed by atoms with E-state index >= 15 is 0 Å². The van der Waals surface area contributed by atoms with Gasteiger partial charge in [-0.05, 0) is 41.0 Å². The van der Waals surface area contributed by atoms with Crippen LogP contribution >= 0.6 is 11.6 Å². The highest BCUT2D eigenvalue weighted by atomic mass is 35.5. The summed E-state index contributed by atoms with van der Waals surface area (Å²) in [6, 6.07) is 15.8. The van der Waals surface area contributed by atoms with Crippen LogP contribution in [0.3, 0.4) is 0 Å². The Morgan fingerprint density at radius 3 is 2.39 bits per heavy atom. The Hall–Kier alpha value is -3.84. The van der Waals surface area contributed by atoms with Gasteiger partial charge in [-0.25, -0.2) is 4.79 Å². The third kappa shape index (κ3) is 3.19. The molecule has 31 heavy (non-hydrogen) atoms. The maximum absolute atomic E-state index is 12.9. The van der Waals surface area contributed by atoms with Crippen molar-refractivity contribution in [1.82, 2.24) is 20.2 Å². The lowest BCUT2D eigenvalue weighted by molar-refractivity contribution is -0.124. The van der Waals surface area contributed by atoms with Gasteiger partial charge in [0, 0.05) is 34.4 Å². The first-order valence-electron chi connectivity index (χ1n) is 9.58. The first kappa shape index (κ1) is 19.1. The summed E-state index contributed by atoms with van der Waals surface area (Å²) in [5.74, 6) is -0.511. The van der Waals surface area contributed by atoms with Gasteiger partial charge in [-0.3, -0.25) is 15.1 Å². The fourth-order valence-corrected chi connectivity index (χ4v) is 4.16. The van der Waals surface area contributed by atoms with E-state index in [2.05, 4.69) is 15.6 Å². The molecule has 154 valence electrons. The summed E-state index contributed by atoms with van der Waals surface area (Å²) in [5.41, 5.74) is 1.17. The second kappa shape index (κ2) is 7.14. The average Bonchev–Trinajstić information content (AvgIpc) is 3.24. The minimum atomic E-state index is -1.37. The molecule has 1 saturated heterocycles. The summed E-state index contributed by atoms with van der Waals surface area (Å²) >= 11 is 6.06. The molecule has 0 bridgehead atoms. The fourth-order valence-electron chi connectivity index (χ4n) is 3.98. The minimum Gasteiger partial charge on any atom is -0.494 e. The molecule has 1 aliphatic rings. The van der Waals surface area contributed by atoms with Crippen molar-refractivity contribution in [2.75, 3.05) is 0 Å². The van der Waals surface area contributed by atoms with E-state index in [-0.39, 0.29) is 12.4 Å². The molecular formula is C23H17ClN4O3. The van der Waals surface area contributed by atoms with Crippen molar-refractivity contribution in [3.8, 4) is 17.0 Å². The van der Waals surface area contributed by atoms with Crippen LogP contribution in [0.25, 0.3) is 21.9 Å². The maximum atomic E-state index is 12.9. The number of urea groups is 1. The molecule has 0 radical (unpaired) electrons. The normalized spacial score (nSPS) is 18.2. The number of amides is 3. The van der Waals surface area contributed by atoms with E-state index in [1.54, 1.807) is 53.5 Å². The third-order valence-corrected chi connectivity index (χ3v) is 5.80. The third-order valence-electron chi connectivity index (χ3n) is 5.56. The zero-order valence-electron chi connectivity index (χ0n) is 16.2. The summed E-state index contributed by atoms with van der Waals surface area (Å²) < 4.78 is 1.54. The second-order valence-corrected chi connectivity index (χ2v) is 7.88. The largest absolute Gasteiger partial charge is 0.494 e. The summed E-state index contributed by atoms with van der Waals surface area (Å²) in [6.45, 7) is 0.0112. The monoisotopic (exact) mass is 432 g/mol. The first-order valence-corrected chi connectivity index (χ1v) is 9.96. The number of hydrogen-bond donors (Lipinski definition) is 3. The van der Waals surface area contributed by atoms with Crippen molar-refractivity contribution < 1.29 is 14.7 Å². The Kier molecular flexibility index (Phi) is 4.41. The van der Waals surface area contributed by atoms with Crippen LogP contribution in [0.1, 0.15) is 5.56 Å².